The molecule has 1 fully saturated rings. The lowest BCUT2D eigenvalue weighted by Crippen LogP contribution is -2.44. The van der Waals surface area contributed by atoms with Crippen LogP contribution in [0.5, 0.6) is 0 Å². The van der Waals surface area contributed by atoms with E-state index in [9.17, 15) is 17.6 Å². The molecule has 1 heterocycles. The van der Waals surface area contributed by atoms with Crippen LogP contribution in [-0.4, -0.2) is 57.8 Å². The molecule has 9 heteroatoms. The second-order valence-electron chi connectivity index (χ2n) is 6.74. The standard InChI is InChI=1S/C20H22ClFN2O4S/c21-16-4-6-18(7-5-16)29(26,27)14-20(25)23-13-19(24-8-10-28-11-9-24)15-2-1-3-17(22)12-15/h1-7,12,19H,8-11,13-14H2,(H,23,25). The molecule has 1 N–H and O–H groups in total. The normalized spacial score (nSPS) is 16.3. The van der Waals surface area contributed by atoms with Gasteiger partial charge in [-0.1, -0.05) is 23.7 Å². The van der Waals surface area contributed by atoms with E-state index in [1.807, 2.05) is 0 Å². The van der Waals surface area contributed by atoms with Gasteiger partial charge in [-0.15, -0.1) is 0 Å². The van der Waals surface area contributed by atoms with Crippen molar-refractivity contribution in [3.8, 4) is 0 Å². The minimum atomic E-state index is -3.78. The van der Waals surface area contributed by atoms with E-state index in [1.54, 1.807) is 12.1 Å². The molecule has 1 saturated heterocycles. The van der Waals surface area contributed by atoms with Crippen molar-refractivity contribution in [1.82, 2.24) is 10.2 Å². The number of benzene rings is 2. The highest BCUT2D eigenvalue weighted by molar-refractivity contribution is 7.92. The van der Waals surface area contributed by atoms with Gasteiger partial charge in [0.2, 0.25) is 5.91 Å². The summed E-state index contributed by atoms with van der Waals surface area (Å²) in [4.78, 5) is 14.5. The predicted molar refractivity (Wildman–Crippen MR) is 108 cm³/mol. The summed E-state index contributed by atoms with van der Waals surface area (Å²) in [6, 6.07) is 11.6. The Morgan fingerprint density at radius 2 is 1.86 bits per heavy atom. The largest absolute Gasteiger partial charge is 0.379 e. The zero-order valence-electron chi connectivity index (χ0n) is 15.7. The topological polar surface area (TPSA) is 75.7 Å². The minimum absolute atomic E-state index is 0.0342. The van der Waals surface area contributed by atoms with Crippen molar-refractivity contribution in [2.75, 3.05) is 38.6 Å². The van der Waals surface area contributed by atoms with Crippen LogP contribution in [0, 0.1) is 5.82 Å². The fourth-order valence-corrected chi connectivity index (χ4v) is 4.51. The summed E-state index contributed by atoms with van der Waals surface area (Å²) in [5.74, 6) is -1.65. The van der Waals surface area contributed by atoms with E-state index in [2.05, 4.69) is 10.2 Å². The van der Waals surface area contributed by atoms with Crippen molar-refractivity contribution in [3.63, 3.8) is 0 Å². The van der Waals surface area contributed by atoms with Crippen LogP contribution in [0.1, 0.15) is 11.6 Å². The minimum Gasteiger partial charge on any atom is -0.379 e. The van der Waals surface area contributed by atoms with Gasteiger partial charge in [0.15, 0.2) is 9.84 Å². The van der Waals surface area contributed by atoms with Gasteiger partial charge in [-0.2, -0.15) is 0 Å². The molecular weight excluding hydrogens is 419 g/mol. The average molecular weight is 441 g/mol. The number of hydrogen-bond acceptors (Lipinski definition) is 5. The fraction of sp³-hybridized carbons (Fsp3) is 0.350. The fourth-order valence-electron chi connectivity index (χ4n) is 3.22. The van der Waals surface area contributed by atoms with Crippen LogP contribution in [0.2, 0.25) is 5.02 Å². The zero-order valence-corrected chi connectivity index (χ0v) is 17.3. The molecule has 0 saturated carbocycles. The van der Waals surface area contributed by atoms with Gasteiger partial charge in [0.1, 0.15) is 11.6 Å². The van der Waals surface area contributed by atoms with Crippen LogP contribution < -0.4 is 5.32 Å². The molecule has 1 atom stereocenters. The van der Waals surface area contributed by atoms with Crippen LogP contribution in [-0.2, 0) is 19.4 Å². The highest BCUT2D eigenvalue weighted by Gasteiger charge is 2.25. The molecule has 2 aromatic carbocycles. The number of hydrogen-bond donors (Lipinski definition) is 1. The lowest BCUT2D eigenvalue weighted by atomic mass is 10.0. The molecule has 1 aliphatic heterocycles. The Labute approximate surface area is 174 Å². The Kier molecular flexibility index (Phi) is 7.23. The molecule has 6 nitrogen and oxygen atoms in total. The first kappa shape index (κ1) is 21.7. The maximum Gasteiger partial charge on any atom is 0.235 e. The van der Waals surface area contributed by atoms with E-state index in [1.165, 1.54) is 36.4 Å². The van der Waals surface area contributed by atoms with E-state index in [0.29, 0.717) is 36.9 Å². The molecule has 2 aromatic rings. The van der Waals surface area contributed by atoms with Gasteiger partial charge in [-0.05, 0) is 42.0 Å². The van der Waals surface area contributed by atoms with E-state index in [0.717, 1.165) is 0 Å². The number of sulfone groups is 1. The summed E-state index contributed by atoms with van der Waals surface area (Å²) in [6.45, 7) is 2.54. The molecule has 1 aliphatic rings. The van der Waals surface area contributed by atoms with Gasteiger partial charge >= 0.3 is 0 Å². The number of rotatable bonds is 7. The van der Waals surface area contributed by atoms with Gasteiger partial charge < -0.3 is 10.1 Å². The summed E-state index contributed by atoms with van der Waals surface area (Å²) in [5, 5.41) is 3.10. The van der Waals surface area contributed by atoms with E-state index in [-0.39, 0.29) is 23.3 Å². The third-order valence-corrected chi connectivity index (χ3v) is 6.59. The summed E-state index contributed by atoms with van der Waals surface area (Å²) in [7, 11) is -3.78. The van der Waals surface area contributed by atoms with Gasteiger partial charge in [0, 0.05) is 24.7 Å². The maximum atomic E-state index is 13.7. The molecule has 1 unspecified atom stereocenters. The first-order chi connectivity index (χ1) is 13.8. The SMILES string of the molecule is O=C(CS(=O)(=O)c1ccc(Cl)cc1)NCC(c1cccc(F)c1)N1CCOCC1. The Bertz CT molecular complexity index is 947. The number of nitrogens with one attached hydrogen (secondary N) is 1. The number of carbonyl (C=O) groups is 1. The molecule has 29 heavy (non-hydrogen) atoms. The lowest BCUT2D eigenvalue weighted by Gasteiger charge is -2.35. The molecule has 0 radical (unpaired) electrons. The Morgan fingerprint density at radius 1 is 1.17 bits per heavy atom. The van der Waals surface area contributed by atoms with Gasteiger partial charge in [-0.3, -0.25) is 9.69 Å². The van der Waals surface area contributed by atoms with Crippen LogP contribution >= 0.6 is 11.6 Å². The Hall–Kier alpha value is -2.00. The van der Waals surface area contributed by atoms with E-state index >= 15 is 0 Å². The second kappa shape index (κ2) is 9.67. The molecule has 156 valence electrons. The maximum absolute atomic E-state index is 13.7. The summed E-state index contributed by atoms with van der Waals surface area (Å²) in [6.07, 6.45) is 0. The number of morpholine rings is 1. The van der Waals surface area contributed by atoms with Crippen molar-refractivity contribution in [2.45, 2.75) is 10.9 Å². The summed E-state index contributed by atoms with van der Waals surface area (Å²) >= 11 is 5.78. The molecule has 1 amide bonds. The van der Waals surface area contributed by atoms with Crippen LogP contribution in [0.3, 0.4) is 0 Å². The molecule has 3 rings (SSSR count). The van der Waals surface area contributed by atoms with Crippen LogP contribution in [0.25, 0.3) is 0 Å². The van der Waals surface area contributed by atoms with Gasteiger partial charge in [0.05, 0.1) is 24.2 Å². The smallest absolute Gasteiger partial charge is 0.235 e. The summed E-state index contributed by atoms with van der Waals surface area (Å²) in [5.41, 5.74) is 0.716. The number of nitrogens with zero attached hydrogens (tertiary/aromatic N) is 1. The van der Waals surface area contributed by atoms with E-state index < -0.39 is 21.5 Å². The van der Waals surface area contributed by atoms with Crippen molar-refractivity contribution >= 4 is 27.3 Å². The van der Waals surface area contributed by atoms with Crippen molar-refractivity contribution in [3.05, 3.63) is 64.9 Å². The highest BCUT2D eigenvalue weighted by atomic mass is 35.5. The predicted octanol–water partition coefficient (Wildman–Crippen LogP) is 2.44. The first-order valence-electron chi connectivity index (χ1n) is 9.17. The number of carbonyl (C=O) groups excluding carboxylic acids is 1. The molecule has 0 bridgehead atoms. The summed E-state index contributed by atoms with van der Waals surface area (Å²) < 4.78 is 43.9. The molecule has 0 aliphatic carbocycles. The van der Waals surface area contributed by atoms with Crippen molar-refractivity contribution in [1.29, 1.82) is 0 Å². The Balaban J connectivity index is 1.68. The number of ether oxygens (including phenoxy) is 1. The number of halogens is 2. The second-order valence-corrected chi connectivity index (χ2v) is 9.16. The van der Waals surface area contributed by atoms with E-state index in [4.69, 9.17) is 16.3 Å². The van der Waals surface area contributed by atoms with Crippen molar-refractivity contribution in [2.24, 2.45) is 0 Å². The average Bonchev–Trinajstić information content (AvgIpc) is 2.69. The Morgan fingerprint density at radius 3 is 2.52 bits per heavy atom. The van der Waals surface area contributed by atoms with Crippen LogP contribution in [0.15, 0.2) is 53.4 Å². The molecule has 0 aromatic heterocycles. The zero-order chi connectivity index (χ0) is 20.9. The monoisotopic (exact) mass is 440 g/mol. The number of amides is 1. The third kappa shape index (κ3) is 5.99. The lowest BCUT2D eigenvalue weighted by molar-refractivity contribution is -0.119. The van der Waals surface area contributed by atoms with Crippen molar-refractivity contribution < 1.29 is 22.3 Å². The molecule has 0 spiro atoms. The molecular formula is C20H22ClFN2O4S. The highest BCUT2D eigenvalue weighted by Crippen LogP contribution is 2.22. The van der Waals surface area contributed by atoms with Crippen LogP contribution in [0.4, 0.5) is 4.39 Å². The third-order valence-electron chi connectivity index (χ3n) is 4.71. The quantitative estimate of drug-likeness (QED) is 0.715. The first-order valence-corrected chi connectivity index (χ1v) is 11.2. The van der Waals surface area contributed by atoms with Gasteiger partial charge in [-0.25, -0.2) is 12.8 Å². The van der Waals surface area contributed by atoms with Gasteiger partial charge in [0.25, 0.3) is 0 Å².